The number of nitrogens with zero attached hydrogens (tertiary/aromatic N) is 1. The van der Waals surface area contributed by atoms with Gasteiger partial charge in [-0.1, -0.05) is 22.0 Å². The third-order valence-corrected chi connectivity index (χ3v) is 2.44. The van der Waals surface area contributed by atoms with Gasteiger partial charge < -0.3 is 9.52 Å². The number of hydrogen-bond acceptors (Lipinski definition) is 3. The number of oxazole rings is 1. The number of alkyl halides is 1. The highest BCUT2D eigenvalue weighted by atomic mass is 79.9. The third kappa shape index (κ3) is 1.50. The Bertz CT molecular complexity index is 492. The second-order valence-corrected chi connectivity index (χ2v) is 3.32. The molecule has 2 rings (SSSR count). The first-order valence-electron chi connectivity index (χ1n) is 3.89. The quantitative estimate of drug-likeness (QED) is 0.838. The van der Waals surface area contributed by atoms with E-state index in [4.69, 9.17) is 9.52 Å². The van der Waals surface area contributed by atoms with Gasteiger partial charge in [-0.05, 0) is 17.7 Å². The molecule has 1 N–H and O–H groups in total. The number of carbonyl (C=O) groups is 1. The van der Waals surface area contributed by atoms with Crippen LogP contribution in [0.3, 0.4) is 0 Å². The van der Waals surface area contributed by atoms with Crippen LogP contribution >= 0.6 is 15.9 Å². The van der Waals surface area contributed by atoms with Gasteiger partial charge in [0.25, 0.3) is 0 Å². The summed E-state index contributed by atoms with van der Waals surface area (Å²) < 4.78 is 5.00. The van der Waals surface area contributed by atoms with Crippen LogP contribution in [0, 0.1) is 0 Å². The largest absolute Gasteiger partial charge is 0.474 e. The molecule has 0 fully saturated rings. The number of benzene rings is 1. The van der Waals surface area contributed by atoms with E-state index in [-0.39, 0.29) is 5.89 Å². The van der Waals surface area contributed by atoms with Crippen LogP contribution < -0.4 is 0 Å². The van der Waals surface area contributed by atoms with E-state index in [2.05, 4.69) is 20.9 Å². The van der Waals surface area contributed by atoms with Crippen LogP contribution in [0.25, 0.3) is 11.1 Å². The Labute approximate surface area is 87.7 Å². The lowest BCUT2D eigenvalue weighted by Gasteiger charge is -1.91. The summed E-state index contributed by atoms with van der Waals surface area (Å²) in [5.41, 5.74) is 2.09. The van der Waals surface area contributed by atoms with Gasteiger partial charge in [0, 0.05) is 5.33 Å². The number of hydrogen-bond donors (Lipinski definition) is 1. The number of aromatic carboxylic acids is 1. The Morgan fingerprint density at radius 3 is 3.00 bits per heavy atom. The van der Waals surface area contributed by atoms with Crippen molar-refractivity contribution in [3.05, 3.63) is 29.7 Å². The van der Waals surface area contributed by atoms with E-state index < -0.39 is 5.97 Å². The molecule has 0 saturated carbocycles. The Balaban J connectivity index is 2.60. The van der Waals surface area contributed by atoms with Crippen molar-refractivity contribution in [2.45, 2.75) is 5.33 Å². The number of carboxylic acids is 1. The highest BCUT2D eigenvalue weighted by Crippen LogP contribution is 2.18. The summed E-state index contributed by atoms with van der Waals surface area (Å²) in [6.07, 6.45) is 0. The number of carboxylic acid groups (broad SMARTS) is 1. The molecule has 0 amide bonds. The zero-order valence-corrected chi connectivity index (χ0v) is 8.61. The topological polar surface area (TPSA) is 63.3 Å². The van der Waals surface area contributed by atoms with E-state index in [1.165, 1.54) is 0 Å². The standard InChI is InChI=1S/C9H6BrNO3/c10-4-5-1-2-7-6(3-5)11-8(14-7)9(12)13/h1-3H,4H2,(H,12,13). The maximum atomic E-state index is 10.6. The molecule has 0 aliphatic carbocycles. The minimum Gasteiger partial charge on any atom is -0.474 e. The lowest BCUT2D eigenvalue weighted by molar-refractivity contribution is 0.0656. The summed E-state index contributed by atoms with van der Waals surface area (Å²) >= 11 is 3.30. The van der Waals surface area contributed by atoms with Crippen molar-refractivity contribution in [3.8, 4) is 0 Å². The summed E-state index contributed by atoms with van der Waals surface area (Å²) in [6, 6.07) is 5.36. The van der Waals surface area contributed by atoms with E-state index in [9.17, 15) is 4.79 Å². The van der Waals surface area contributed by atoms with Gasteiger partial charge >= 0.3 is 11.9 Å². The van der Waals surface area contributed by atoms with Crippen molar-refractivity contribution in [2.24, 2.45) is 0 Å². The Morgan fingerprint density at radius 1 is 1.57 bits per heavy atom. The molecular formula is C9H6BrNO3. The summed E-state index contributed by atoms with van der Waals surface area (Å²) in [6.45, 7) is 0. The fourth-order valence-corrected chi connectivity index (χ4v) is 1.50. The zero-order chi connectivity index (χ0) is 10.1. The molecule has 2 aromatic rings. The molecule has 72 valence electrons. The Hall–Kier alpha value is -1.36. The Kier molecular flexibility index (Phi) is 2.25. The first-order valence-corrected chi connectivity index (χ1v) is 5.01. The molecular weight excluding hydrogens is 250 g/mol. The van der Waals surface area contributed by atoms with Crippen molar-refractivity contribution in [1.29, 1.82) is 0 Å². The lowest BCUT2D eigenvalue weighted by atomic mass is 10.2. The van der Waals surface area contributed by atoms with Gasteiger partial charge in [0.1, 0.15) is 5.52 Å². The van der Waals surface area contributed by atoms with Gasteiger partial charge in [-0.25, -0.2) is 9.78 Å². The van der Waals surface area contributed by atoms with Crippen molar-refractivity contribution >= 4 is 33.0 Å². The van der Waals surface area contributed by atoms with E-state index in [1.807, 2.05) is 6.07 Å². The molecule has 0 aliphatic rings. The molecule has 0 saturated heterocycles. The maximum Gasteiger partial charge on any atom is 0.392 e. The molecule has 0 radical (unpaired) electrons. The van der Waals surface area contributed by atoms with Crippen molar-refractivity contribution in [2.75, 3.05) is 0 Å². The highest BCUT2D eigenvalue weighted by molar-refractivity contribution is 9.08. The average molecular weight is 256 g/mol. The first kappa shape index (κ1) is 9.21. The minimum absolute atomic E-state index is 0.272. The second-order valence-electron chi connectivity index (χ2n) is 2.76. The molecule has 5 heteroatoms. The predicted molar refractivity (Wildman–Crippen MR) is 53.6 cm³/mol. The van der Waals surface area contributed by atoms with E-state index in [0.717, 1.165) is 5.56 Å². The van der Waals surface area contributed by atoms with Crippen LogP contribution in [0.2, 0.25) is 0 Å². The number of aromatic nitrogens is 1. The summed E-state index contributed by atoms with van der Waals surface area (Å²) in [7, 11) is 0. The van der Waals surface area contributed by atoms with Crippen LogP contribution in [-0.4, -0.2) is 16.1 Å². The summed E-state index contributed by atoms with van der Waals surface area (Å²) in [4.78, 5) is 14.4. The molecule has 0 spiro atoms. The van der Waals surface area contributed by atoms with Crippen LogP contribution in [0.15, 0.2) is 22.6 Å². The molecule has 14 heavy (non-hydrogen) atoms. The molecule has 0 atom stereocenters. The summed E-state index contributed by atoms with van der Waals surface area (Å²) in [5.74, 6) is -1.42. The number of rotatable bonds is 2. The Morgan fingerprint density at radius 2 is 2.36 bits per heavy atom. The summed E-state index contributed by atoms with van der Waals surface area (Å²) in [5, 5.41) is 9.35. The van der Waals surface area contributed by atoms with Crippen LogP contribution in [0.1, 0.15) is 16.2 Å². The van der Waals surface area contributed by atoms with Crippen LogP contribution in [0.4, 0.5) is 0 Å². The van der Waals surface area contributed by atoms with Crippen molar-refractivity contribution in [3.63, 3.8) is 0 Å². The fourth-order valence-electron chi connectivity index (χ4n) is 1.15. The molecule has 1 aromatic heterocycles. The van der Waals surface area contributed by atoms with E-state index in [0.29, 0.717) is 16.4 Å². The normalized spacial score (nSPS) is 10.6. The fraction of sp³-hybridized carbons (Fsp3) is 0.111. The number of halogens is 1. The van der Waals surface area contributed by atoms with Gasteiger partial charge in [-0.3, -0.25) is 0 Å². The second kappa shape index (κ2) is 3.42. The molecule has 1 aromatic carbocycles. The van der Waals surface area contributed by atoms with Gasteiger partial charge in [0.2, 0.25) is 0 Å². The van der Waals surface area contributed by atoms with Gasteiger partial charge in [0.05, 0.1) is 0 Å². The van der Waals surface area contributed by atoms with Crippen LogP contribution in [0.5, 0.6) is 0 Å². The molecule has 1 heterocycles. The zero-order valence-electron chi connectivity index (χ0n) is 7.03. The van der Waals surface area contributed by atoms with Crippen molar-refractivity contribution in [1.82, 2.24) is 4.98 Å². The lowest BCUT2D eigenvalue weighted by Crippen LogP contribution is -1.94. The molecule has 0 bridgehead atoms. The molecule has 4 nitrogen and oxygen atoms in total. The smallest absolute Gasteiger partial charge is 0.392 e. The molecule has 0 unspecified atom stereocenters. The average Bonchev–Trinajstić information content (AvgIpc) is 2.59. The SMILES string of the molecule is O=C(O)c1nc2cc(CBr)ccc2o1. The highest BCUT2D eigenvalue weighted by Gasteiger charge is 2.12. The van der Waals surface area contributed by atoms with Gasteiger partial charge in [-0.15, -0.1) is 0 Å². The minimum atomic E-state index is -1.15. The van der Waals surface area contributed by atoms with Crippen molar-refractivity contribution < 1.29 is 14.3 Å². The van der Waals surface area contributed by atoms with E-state index >= 15 is 0 Å². The van der Waals surface area contributed by atoms with Gasteiger partial charge in [0.15, 0.2) is 5.58 Å². The van der Waals surface area contributed by atoms with E-state index in [1.54, 1.807) is 12.1 Å². The third-order valence-electron chi connectivity index (χ3n) is 1.79. The molecule has 0 aliphatic heterocycles. The van der Waals surface area contributed by atoms with Gasteiger partial charge in [-0.2, -0.15) is 0 Å². The predicted octanol–water partition coefficient (Wildman–Crippen LogP) is 2.42. The maximum absolute atomic E-state index is 10.6. The number of fused-ring (bicyclic) bond motifs is 1. The first-order chi connectivity index (χ1) is 6.70. The monoisotopic (exact) mass is 255 g/mol. The van der Waals surface area contributed by atoms with Crippen LogP contribution in [-0.2, 0) is 5.33 Å².